The largest absolute Gasteiger partial charge is 0.497 e. The molecule has 1 aliphatic heterocycles. The normalized spacial score (nSPS) is 18.2. The number of benzene rings is 1. The number of nitrogens with zero attached hydrogens (tertiary/aromatic N) is 2. The first-order chi connectivity index (χ1) is 8.74. The van der Waals surface area contributed by atoms with Crippen molar-refractivity contribution in [2.45, 2.75) is 18.9 Å². The molecule has 0 aliphatic carbocycles. The monoisotopic (exact) mass is 245 g/mol. The Hall–Kier alpha value is -2.22. The van der Waals surface area contributed by atoms with E-state index in [-0.39, 0.29) is 12.1 Å². The Morgan fingerprint density at radius 1 is 1.61 bits per heavy atom. The maximum atomic E-state index is 12.0. The van der Waals surface area contributed by atoms with Gasteiger partial charge in [0.1, 0.15) is 11.8 Å². The third kappa shape index (κ3) is 2.54. The Balaban J connectivity index is 2.04. The molecule has 0 bridgehead atoms. The quantitative estimate of drug-likeness (QED) is 0.868. The van der Waals surface area contributed by atoms with Crippen LogP contribution in [0.3, 0.4) is 0 Å². The van der Waals surface area contributed by atoms with Gasteiger partial charge in [-0.2, -0.15) is 5.26 Å². The lowest BCUT2D eigenvalue weighted by Gasteiger charge is -2.20. The summed E-state index contributed by atoms with van der Waals surface area (Å²) in [6, 6.07) is 8.75. The van der Waals surface area contributed by atoms with Crippen molar-refractivity contribution in [2.24, 2.45) is 0 Å². The van der Waals surface area contributed by atoms with Crippen LogP contribution in [0.5, 0.6) is 5.75 Å². The molecule has 0 spiro atoms. The van der Waals surface area contributed by atoms with Gasteiger partial charge in [-0.1, -0.05) is 6.07 Å². The minimum atomic E-state index is -0.310. The molecule has 1 unspecified atom stereocenters. The van der Waals surface area contributed by atoms with E-state index in [1.165, 1.54) is 0 Å². The molecule has 5 heteroatoms. The topological polar surface area (TPSA) is 65.4 Å². The van der Waals surface area contributed by atoms with E-state index in [9.17, 15) is 4.79 Å². The molecule has 1 fully saturated rings. The molecule has 0 radical (unpaired) electrons. The molecule has 5 nitrogen and oxygen atoms in total. The first-order valence-corrected chi connectivity index (χ1v) is 5.86. The molecule has 94 valence electrons. The molecule has 1 heterocycles. The van der Waals surface area contributed by atoms with E-state index in [1.807, 2.05) is 6.07 Å². The summed E-state index contributed by atoms with van der Waals surface area (Å²) >= 11 is 0. The van der Waals surface area contributed by atoms with Gasteiger partial charge in [0.15, 0.2) is 0 Å². The molecular formula is C13H15N3O2. The number of hydrogen-bond acceptors (Lipinski definition) is 3. The standard InChI is InChI=1S/C13H15N3O2/c1-18-12-6-2-4-10(8-12)15-13(17)16-7-3-5-11(16)9-14/h2,4,6,8,11H,3,5,7H2,1H3,(H,15,17). The molecule has 1 aliphatic rings. The number of nitrogens with one attached hydrogen (secondary N) is 1. The summed E-state index contributed by atoms with van der Waals surface area (Å²) in [4.78, 5) is 13.6. The van der Waals surface area contributed by atoms with Crippen LogP contribution in [0.2, 0.25) is 0 Å². The second-order valence-electron chi connectivity index (χ2n) is 4.14. The SMILES string of the molecule is COc1cccc(NC(=O)N2CCCC2C#N)c1. The lowest BCUT2D eigenvalue weighted by molar-refractivity contribution is 0.215. The molecule has 18 heavy (non-hydrogen) atoms. The van der Waals surface area contributed by atoms with Crippen molar-refractivity contribution in [3.05, 3.63) is 24.3 Å². The lowest BCUT2D eigenvalue weighted by atomic mass is 10.2. The maximum absolute atomic E-state index is 12.0. The lowest BCUT2D eigenvalue weighted by Crippen LogP contribution is -2.37. The highest BCUT2D eigenvalue weighted by Gasteiger charge is 2.28. The molecule has 1 saturated heterocycles. The average molecular weight is 245 g/mol. The number of rotatable bonds is 2. The van der Waals surface area contributed by atoms with Crippen LogP contribution in [-0.4, -0.2) is 30.6 Å². The highest BCUT2D eigenvalue weighted by molar-refractivity contribution is 5.90. The predicted molar refractivity (Wildman–Crippen MR) is 67.4 cm³/mol. The summed E-state index contributed by atoms with van der Waals surface area (Å²) in [6.45, 7) is 0.633. The minimum absolute atomic E-state index is 0.229. The number of carbonyl (C=O) groups excluding carboxylic acids is 1. The van der Waals surface area contributed by atoms with Crippen molar-refractivity contribution in [2.75, 3.05) is 19.0 Å². The van der Waals surface area contributed by atoms with Gasteiger partial charge >= 0.3 is 6.03 Å². The van der Waals surface area contributed by atoms with E-state index >= 15 is 0 Å². The predicted octanol–water partition coefficient (Wildman–Crippen LogP) is 2.22. The zero-order valence-corrected chi connectivity index (χ0v) is 10.2. The van der Waals surface area contributed by atoms with Gasteiger partial charge in [-0.05, 0) is 25.0 Å². The maximum Gasteiger partial charge on any atom is 0.322 e. The third-order valence-electron chi connectivity index (χ3n) is 2.98. The van der Waals surface area contributed by atoms with Crippen LogP contribution in [0, 0.1) is 11.3 Å². The number of hydrogen-bond donors (Lipinski definition) is 1. The van der Waals surface area contributed by atoms with E-state index in [0.717, 1.165) is 12.8 Å². The van der Waals surface area contributed by atoms with Gasteiger partial charge < -0.3 is 15.0 Å². The summed E-state index contributed by atoms with van der Waals surface area (Å²) < 4.78 is 5.09. The first-order valence-electron chi connectivity index (χ1n) is 5.86. The fourth-order valence-electron chi connectivity index (χ4n) is 2.04. The smallest absolute Gasteiger partial charge is 0.322 e. The third-order valence-corrected chi connectivity index (χ3v) is 2.98. The molecule has 1 N–H and O–H groups in total. The highest BCUT2D eigenvalue weighted by atomic mass is 16.5. The minimum Gasteiger partial charge on any atom is -0.497 e. The number of likely N-dealkylation sites (tertiary alicyclic amines) is 1. The number of methoxy groups -OCH3 is 1. The summed E-state index contributed by atoms with van der Waals surface area (Å²) in [5.41, 5.74) is 0.669. The Morgan fingerprint density at radius 3 is 3.17 bits per heavy atom. The van der Waals surface area contributed by atoms with Crippen molar-refractivity contribution in [3.63, 3.8) is 0 Å². The van der Waals surface area contributed by atoms with Crippen LogP contribution < -0.4 is 10.1 Å². The molecular weight excluding hydrogens is 230 g/mol. The van der Waals surface area contributed by atoms with E-state index in [4.69, 9.17) is 10.00 Å². The van der Waals surface area contributed by atoms with Gasteiger partial charge in [0.25, 0.3) is 0 Å². The molecule has 1 atom stereocenters. The van der Waals surface area contributed by atoms with Crippen LogP contribution in [0.4, 0.5) is 10.5 Å². The molecule has 1 aromatic carbocycles. The second kappa shape index (κ2) is 5.41. The molecule has 2 rings (SSSR count). The fourth-order valence-corrected chi connectivity index (χ4v) is 2.04. The van der Waals surface area contributed by atoms with Crippen LogP contribution in [0.1, 0.15) is 12.8 Å². The van der Waals surface area contributed by atoms with Crippen molar-refractivity contribution >= 4 is 11.7 Å². The Bertz CT molecular complexity index is 481. The fraction of sp³-hybridized carbons (Fsp3) is 0.385. The number of anilines is 1. The number of urea groups is 1. The van der Waals surface area contributed by atoms with Gasteiger partial charge in [-0.25, -0.2) is 4.79 Å². The number of carbonyl (C=O) groups is 1. The highest BCUT2D eigenvalue weighted by Crippen LogP contribution is 2.20. The second-order valence-corrected chi connectivity index (χ2v) is 4.14. The summed E-state index contributed by atoms with van der Waals surface area (Å²) in [5.74, 6) is 0.686. The van der Waals surface area contributed by atoms with Gasteiger partial charge in [-0.3, -0.25) is 0 Å². The van der Waals surface area contributed by atoms with Crippen molar-refractivity contribution in [1.82, 2.24) is 4.90 Å². The van der Waals surface area contributed by atoms with Crippen molar-refractivity contribution < 1.29 is 9.53 Å². The van der Waals surface area contributed by atoms with Gasteiger partial charge in [-0.15, -0.1) is 0 Å². The van der Waals surface area contributed by atoms with Crippen LogP contribution >= 0.6 is 0 Å². The summed E-state index contributed by atoms with van der Waals surface area (Å²) in [5, 5.41) is 11.7. The first kappa shape index (κ1) is 12.2. The van der Waals surface area contributed by atoms with E-state index in [1.54, 1.807) is 30.2 Å². The van der Waals surface area contributed by atoms with E-state index in [0.29, 0.717) is 18.0 Å². The molecule has 0 saturated carbocycles. The van der Waals surface area contributed by atoms with Gasteiger partial charge in [0.05, 0.1) is 13.2 Å². The molecule has 1 aromatic rings. The van der Waals surface area contributed by atoms with Crippen molar-refractivity contribution in [3.8, 4) is 11.8 Å². The Labute approximate surface area is 106 Å². The number of amides is 2. The number of ether oxygens (including phenoxy) is 1. The Morgan fingerprint density at radius 2 is 2.44 bits per heavy atom. The average Bonchev–Trinajstić information content (AvgIpc) is 2.87. The molecule has 2 amide bonds. The van der Waals surface area contributed by atoms with Gasteiger partial charge in [0.2, 0.25) is 0 Å². The Kier molecular flexibility index (Phi) is 3.68. The van der Waals surface area contributed by atoms with Crippen LogP contribution in [0.25, 0.3) is 0 Å². The van der Waals surface area contributed by atoms with E-state index in [2.05, 4.69) is 11.4 Å². The summed E-state index contributed by atoms with van der Waals surface area (Å²) in [7, 11) is 1.58. The summed E-state index contributed by atoms with van der Waals surface area (Å²) in [6.07, 6.45) is 1.63. The van der Waals surface area contributed by atoms with Crippen LogP contribution in [-0.2, 0) is 0 Å². The van der Waals surface area contributed by atoms with Crippen molar-refractivity contribution in [1.29, 1.82) is 5.26 Å². The molecule has 0 aromatic heterocycles. The zero-order valence-electron chi connectivity index (χ0n) is 10.2. The van der Waals surface area contributed by atoms with E-state index < -0.39 is 0 Å². The van der Waals surface area contributed by atoms with Crippen LogP contribution in [0.15, 0.2) is 24.3 Å². The van der Waals surface area contributed by atoms with Gasteiger partial charge in [0, 0.05) is 18.3 Å². The zero-order chi connectivity index (χ0) is 13.0. The number of nitriles is 1.